The van der Waals surface area contributed by atoms with Crippen molar-refractivity contribution in [2.24, 2.45) is 5.92 Å². The molecular formula is C13H18N4O3S2. The van der Waals surface area contributed by atoms with Gasteiger partial charge >= 0.3 is 0 Å². The smallest absolute Gasteiger partial charge is 0.214 e. The van der Waals surface area contributed by atoms with Gasteiger partial charge in [-0.3, -0.25) is 0 Å². The summed E-state index contributed by atoms with van der Waals surface area (Å²) in [6.07, 6.45) is 0.820. The molecule has 0 aliphatic carbocycles. The van der Waals surface area contributed by atoms with Crippen LogP contribution < -0.4 is 4.90 Å². The van der Waals surface area contributed by atoms with Gasteiger partial charge in [0.25, 0.3) is 0 Å². The van der Waals surface area contributed by atoms with E-state index in [-0.39, 0.29) is 11.7 Å². The normalized spacial score (nSPS) is 22.8. The van der Waals surface area contributed by atoms with Crippen LogP contribution in [0.15, 0.2) is 17.8 Å². The van der Waals surface area contributed by atoms with Gasteiger partial charge in [-0.2, -0.15) is 0 Å². The lowest BCUT2D eigenvalue weighted by Gasteiger charge is -2.18. The number of hydrogen-bond donors (Lipinski definition) is 1. The lowest BCUT2D eigenvalue weighted by atomic mass is 10.1. The highest BCUT2D eigenvalue weighted by Gasteiger charge is 2.36. The van der Waals surface area contributed by atoms with Gasteiger partial charge in [-0.05, 0) is 11.4 Å². The Morgan fingerprint density at radius 1 is 1.41 bits per heavy atom. The zero-order chi connectivity index (χ0) is 15.9. The fraction of sp³-hybridized carbons (Fsp3) is 0.538. The minimum atomic E-state index is -3.34. The molecule has 3 rings (SSSR count). The van der Waals surface area contributed by atoms with Gasteiger partial charge in [0.05, 0.1) is 22.1 Å². The van der Waals surface area contributed by atoms with E-state index in [9.17, 15) is 13.5 Å². The quantitative estimate of drug-likeness (QED) is 0.864. The first-order chi connectivity index (χ1) is 10.4. The lowest BCUT2D eigenvalue weighted by molar-refractivity contribution is 0.157. The Kier molecular flexibility index (Phi) is 4.06. The number of anilines is 1. The third-order valence-electron chi connectivity index (χ3n) is 3.91. The van der Waals surface area contributed by atoms with Crippen LogP contribution in [-0.2, 0) is 10.0 Å². The van der Waals surface area contributed by atoms with Gasteiger partial charge in [0, 0.05) is 33.1 Å². The second-order valence-electron chi connectivity index (χ2n) is 5.63. The zero-order valence-corrected chi connectivity index (χ0v) is 14.0. The molecule has 9 heteroatoms. The van der Waals surface area contributed by atoms with E-state index in [4.69, 9.17) is 0 Å². The Labute approximate surface area is 133 Å². The molecule has 2 aromatic rings. The zero-order valence-electron chi connectivity index (χ0n) is 12.4. The Bertz CT molecular complexity index is 774. The van der Waals surface area contributed by atoms with Gasteiger partial charge in [0.2, 0.25) is 10.0 Å². The van der Waals surface area contributed by atoms with Crippen LogP contribution in [0.1, 0.15) is 0 Å². The molecule has 1 fully saturated rings. The van der Waals surface area contributed by atoms with Crippen LogP contribution in [0.2, 0.25) is 0 Å². The number of hydrogen-bond acceptors (Lipinski definition) is 7. The molecule has 0 bridgehead atoms. The number of nitrogens with zero attached hydrogens (tertiary/aromatic N) is 4. The monoisotopic (exact) mass is 342 g/mol. The summed E-state index contributed by atoms with van der Waals surface area (Å²) in [5, 5.41) is 12.2. The second-order valence-corrected chi connectivity index (χ2v) is 8.77. The minimum Gasteiger partial charge on any atom is -0.391 e. The van der Waals surface area contributed by atoms with E-state index in [0.29, 0.717) is 13.1 Å². The van der Waals surface area contributed by atoms with Crippen LogP contribution in [0.5, 0.6) is 0 Å². The topological polar surface area (TPSA) is 86.6 Å². The lowest BCUT2D eigenvalue weighted by Crippen LogP contribution is -2.33. The predicted octanol–water partition coefficient (Wildman–Crippen LogP) is 0.380. The Morgan fingerprint density at radius 3 is 2.91 bits per heavy atom. The molecule has 1 aliphatic heterocycles. The minimum absolute atomic E-state index is 0.0592. The van der Waals surface area contributed by atoms with Crippen molar-refractivity contribution in [3.63, 3.8) is 0 Å². The SMILES string of the molecule is CN(C)S(=O)(=O)C[C@@H]1CN(c2ncnc3ccsc23)C[C@H]1O. The fourth-order valence-electron chi connectivity index (χ4n) is 2.61. The van der Waals surface area contributed by atoms with Crippen LogP contribution in [0.3, 0.4) is 0 Å². The predicted molar refractivity (Wildman–Crippen MR) is 86.6 cm³/mol. The number of aromatic nitrogens is 2. The molecule has 2 atom stereocenters. The highest BCUT2D eigenvalue weighted by molar-refractivity contribution is 7.89. The molecular weight excluding hydrogens is 324 g/mol. The van der Waals surface area contributed by atoms with Crippen molar-refractivity contribution in [3.05, 3.63) is 17.8 Å². The molecule has 1 aliphatic rings. The fourth-order valence-corrected chi connectivity index (χ4v) is 4.64. The van der Waals surface area contributed by atoms with Crippen LogP contribution >= 0.6 is 11.3 Å². The second kappa shape index (κ2) is 5.73. The molecule has 0 radical (unpaired) electrons. The van der Waals surface area contributed by atoms with Crippen molar-refractivity contribution in [1.82, 2.24) is 14.3 Å². The third-order valence-corrected chi connectivity index (χ3v) is 6.77. The largest absolute Gasteiger partial charge is 0.391 e. The maximum atomic E-state index is 12.0. The molecule has 22 heavy (non-hydrogen) atoms. The number of aliphatic hydroxyl groups is 1. The van der Waals surface area contributed by atoms with Gasteiger partial charge in [-0.1, -0.05) is 0 Å². The van der Waals surface area contributed by atoms with Gasteiger partial charge in [-0.15, -0.1) is 11.3 Å². The summed E-state index contributed by atoms with van der Waals surface area (Å²) in [6.45, 7) is 0.857. The number of sulfonamides is 1. The molecule has 0 amide bonds. The first-order valence-corrected chi connectivity index (χ1v) is 9.39. The number of rotatable bonds is 4. The van der Waals surface area contributed by atoms with Crippen molar-refractivity contribution in [3.8, 4) is 0 Å². The van der Waals surface area contributed by atoms with Crippen molar-refractivity contribution in [1.29, 1.82) is 0 Å². The number of β-amino-alcohol motifs (C(OH)–C–C–N with tert-alkyl or cyclic N) is 1. The maximum Gasteiger partial charge on any atom is 0.214 e. The molecule has 0 aromatic carbocycles. The van der Waals surface area contributed by atoms with E-state index in [0.717, 1.165) is 16.0 Å². The molecule has 0 saturated carbocycles. The molecule has 1 N–H and O–H groups in total. The van der Waals surface area contributed by atoms with E-state index in [1.54, 1.807) is 11.3 Å². The van der Waals surface area contributed by atoms with E-state index in [1.165, 1.54) is 24.7 Å². The summed E-state index contributed by atoms with van der Waals surface area (Å²) in [5.41, 5.74) is 0.869. The van der Waals surface area contributed by atoms with E-state index < -0.39 is 16.1 Å². The summed E-state index contributed by atoms with van der Waals surface area (Å²) in [6, 6.07) is 1.92. The summed E-state index contributed by atoms with van der Waals surface area (Å²) < 4.78 is 26.2. The molecule has 0 unspecified atom stereocenters. The van der Waals surface area contributed by atoms with Gasteiger partial charge in [0.1, 0.15) is 12.1 Å². The molecule has 2 aromatic heterocycles. The molecule has 120 valence electrons. The third kappa shape index (κ3) is 2.81. The first-order valence-electron chi connectivity index (χ1n) is 6.90. The van der Waals surface area contributed by atoms with Crippen molar-refractivity contribution in [2.45, 2.75) is 6.10 Å². The van der Waals surface area contributed by atoms with Crippen LogP contribution in [0.25, 0.3) is 10.2 Å². The Morgan fingerprint density at radius 2 is 2.18 bits per heavy atom. The highest BCUT2D eigenvalue weighted by Crippen LogP contribution is 2.31. The van der Waals surface area contributed by atoms with E-state index in [2.05, 4.69) is 9.97 Å². The maximum absolute atomic E-state index is 12.0. The standard InChI is InChI=1S/C13H18N4O3S2/c1-16(2)22(19,20)7-9-5-17(6-11(9)18)13-12-10(3-4-21-12)14-8-15-13/h3-4,8-9,11,18H,5-7H2,1-2H3/t9-,11+/m0/s1. The summed E-state index contributed by atoms with van der Waals surface area (Å²) >= 11 is 1.55. The van der Waals surface area contributed by atoms with E-state index in [1.807, 2.05) is 16.3 Å². The number of fused-ring (bicyclic) bond motifs is 1. The highest BCUT2D eigenvalue weighted by atomic mass is 32.2. The van der Waals surface area contributed by atoms with Crippen molar-refractivity contribution < 1.29 is 13.5 Å². The van der Waals surface area contributed by atoms with Gasteiger partial charge in [0.15, 0.2) is 0 Å². The Balaban J connectivity index is 1.83. The van der Waals surface area contributed by atoms with Crippen LogP contribution in [-0.4, -0.2) is 66.8 Å². The molecule has 3 heterocycles. The van der Waals surface area contributed by atoms with Crippen LogP contribution in [0, 0.1) is 5.92 Å². The average Bonchev–Trinajstić information content (AvgIpc) is 3.05. The number of aliphatic hydroxyl groups excluding tert-OH is 1. The summed E-state index contributed by atoms with van der Waals surface area (Å²) in [4.78, 5) is 10.5. The van der Waals surface area contributed by atoms with E-state index >= 15 is 0 Å². The van der Waals surface area contributed by atoms with Crippen molar-refractivity contribution in [2.75, 3.05) is 37.8 Å². The van der Waals surface area contributed by atoms with Gasteiger partial charge in [-0.25, -0.2) is 22.7 Å². The average molecular weight is 342 g/mol. The molecule has 7 nitrogen and oxygen atoms in total. The van der Waals surface area contributed by atoms with Crippen molar-refractivity contribution >= 4 is 37.4 Å². The van der Waals surface area contributed by atoms with Gasteiger partial charge < -0.3 is 10.0 Å². The molecule has 0 spiro atoms. The Hall–Kier alpha value is -1.29. The number of thiophene rings is 1. The first kappa shape index (κ1) is 15.6. The molecule has 1 saturated heterocycles. The summed E-state index contributed by atoms with van der Waals surface area (Å²) in [5.74, 6) is 0.386. The summed E-state index contributed by atoms with van der Waals surface area (Å²) in [7, 11) is -0.319. The van der Waals surface area contributed by atoms with Crippen LogP contribution in [0.4, 0.5) is 5.82 Å².